The number of nitrogens with one attached hydrogen (secondary N) is 2. The molecule has 0 aliphatic carbocycles. The van der Waals surface area contributed by atoms with Gasteiger partial charge in [0.1, 0.15) is 0 Å². The summed E-state index contributed by atoms with van der Waals surface area (Å²) in [5.74, 6) is 0. The van der Waals surface area contributed by atoms with Gasteiger partial charge in [0.05, 0.1) is 6.10 Å². The van der Waals surface area contributed by atoms with Gasteiger partial charge in [0, 0.05) is 13.1 Å². The zero-order valence-electron chi connectivity index (χ0n) is 11.3. The van der Waals surface area contributed by atoms with Crippen LogP contribution in [-0.2, 0) is 6.54 Å². The molecule has 0 radical (unpaired) electrons. The lowest BCUT2D eigenvalue weighted by atomic mass is 10.1. The van der Waals surface area contributed by atoms with Gasteiger partial charge < -0.3 is 15.7 Å². The molecule has 106 valence electrons. The van der Waals surface area contributed by atoms with Crippen molar-refractivity contribution < 1.29 is 9.90 Å². The largest absolute Gasteiger partial charge is 0.387 e. The predicted molar refractivity (Wildman–Crippen MR) is 80.7 cm³/mol. The minimum atomic E-state index is -0.662. The summed E-state index contributed by atoms with van der Waals surface area (Å²) in [5, 5.41) is 19.1. The van der Waals surface area contributed by atoms with E-state index < -0.39 is 6.10 Å². The molecule has 0 aliphatic rings. The molecule has 0 saturated carbocycles. The molecule has 2 amide bonds. The van der Waals surface area contributed by atoms with Crippen LogP contribution in [0.5, 0.6) is 0 Å². The highest BCUT2D eigenvalue weighted by Gasteiger charge is 2.09. The number of carbonyl (C=O) groups excluding carboxylic acids is 1. The summed E-state index contributed by atoms with van der Waals surface area (Å²) in [5.41, 5.74) is 3.06. The second-order valence-corrected chi connectivity index (χ2v) is 5.34. The van der Waals surface area contributed by atoms with E-state index in [0.29, 0.717) is 6.54 Å². The van der Waals surface area contributed by atoms with E-state index in [-0.39, 0.29) is 12.6 Å². The molecule has 0 aliphatic heterocycles. The maximum absolute atomic E-state index is 11.7. The number of aliphatic hydroxyl groups excluding tert-OH is 1. The van der Waals surface area contributed by atoms with Crippen LogP contribution in [0.2, 0.25) is 0 Å². The van der Waals surface area contributed by atoms with Crippen molar-refractivity contribution in [2.24, 2.45) is 0 Å². The van der Waals surface area contributed by atoms with Gasteiger partial charge in [0.2, 0.25) is 0 Å². The lowest BCUT2D eigenvalue weighted by molar-refractivity contribution is 0.173. The molecule has 2 rings (SSSR count). The Morgan fingerprint density at radius 1 is 1.30 bits per heavy atom. The highest BCUT2D eigenvalue weighted by molar-refractivity contribution is 7.07. The van der Waals surface area contributed by atoms with Crippen LogP contribution in [0.1, 0.15) is 22.8 Å². The molecule has 4 nitrogen and oxygen atoms in total. The Morgan fingerprint density at radius 3 is 2.80 bits per heavy atom. The maximum Gasteiger partial charge on any atom is 0.315 e. The molecule has 1 unspecified atom stereocenters. The molecular formula is C15H18N2O2S. The number of rotatable bonds is 5. The molecule has 5 heteroatoms. The highest BCUT2D eigenvalue weighted by atomic mass is 32.1. The van der Waals surface area contributed by atoms with Crippen LogP contribution in [0.25, 0.3) is 0 Å². The standard InChI is InChI=1S/C15H18N2O2S/c1-11-4-2-3-5-12(11)8-16-15(19)17-9-14(18)13-6-7-20-10-13/h2-7,10,14,18H,8-9H2,1H3,(H2,16,17,19). The average molecular weight is 290 g/mol. The first-order chi connectivity index (χ1) is 9.66. The third-order valence-electron chi connectivity index (χ3n) is 3.08. The normalized spacial score (nSPS) is 11.9. The second kappa shape index (κ2) is 7.07. The zero-order chi connectivity index (χ0) is 14.4. The van der Waals surface area contributed by atoms with Gasteiger partial charge in [-0.25, -0.2) is 4.79 Å². The van der Waals surface area contributed by atoms with Crippen molar-refractivity contribution in [1.82, 2.24) is 10.6 Å². The van der Waals surface area contributed by atoms with Gasteiger partial charge in [-0.05, 0) is 40.4 Å². The van der Waals surface area contributed by atoms with Crippen LogP contribution < -0.4 is 10.6 Å². The Balaban J connectivity index is 1.75. The van der Waals surface area contributed by atoms with Gasteiger partial charge in [-0.3, -0.25) is 0 Å². The molecule has 0 saturated heterocycles. The number of carbonyl (C=O) groups is 1. The minimum Gasteiger partial charge on any atom is -0.387 e. The molecular weight excluding hydrogens is 272 g/mol. The van der Waals surface area contributed by atoms with Crippen molar-refractivity contribution >= 4 is 17.4 Å². The van der Waals surface area contributed by atoms with Crippen LogP contribution in [-0.4, -0.2) is 17.7 Å². The maximum atomic E-state index is 11.7. The van der Waals surface area contributed by atoms with Gasteiger partial charge in [-0.15, -0.1) is 0 Å². The summed E-state index contributed by atoms with van der Waals surface area (Å²) >= 11 is 1.52. The van der Waals surface area contributed by atoms with E-state index in [1.807, 2.05) is 48.0 Å². The number of amides is 2. The van der Waals surface area contributed by atoms with Crippen LogP contribution in [0, 0.1) is 6.92 Å². The van der Waals surface area contributed by atoms with Crippen molar-refractivity contribution in [2.45, 2.75) is 19.6 Å². The molecule has 0 fully saturated rings. The Labute approximate surface area is 122 Å². The number of thiophene rings is 1. The second-order valence-electron chi connectivity index (χ2n) is 4.56. The van der Waals surface area contributed by atoms with Crippen LogP contribution in [0.4, 0.5) is 4.79 Å². The van der Waals surface area contributed by atoms with Gasteiger partial charge >= 0.3 is 6.03 Å². The first-order valence-electron chi connectivity index (χ1n) is 6.43. The molecule has 1 atom stereocenters. The fourth-order valence-electron chi connectivity index (χ4n) is 1.82. The van der Waals surface area contributed by atoms with E-state index in [0.717, 1.165) is 16.7 Å². The van der Waals surface area contributed by atoms with Crippen molar-refractivity contribution in [3.63, 3.8) is 0 Å². The summed E-state index contributed by atoms with van der Waals surface area (Å²) in [6, 6.07) is 9.48. The Kier molecular flexibility index (Phi) is 5.15. The fraction of sp³-hybridized carbons (Fsp3) is 0.267. The van der Waals surface area contributed by atoms with Gasteiger partial charge in [-0.1, -0.05) is 24.3 Å². The summed E-state index contributed by atoms with van der Waals surface area (Å²) in [4.78, 5) is 11.7. The third kappa shape index (κ3) is 4.08. The fourth-order valence-corrected chi connectivity index (χ4v) is 2.53. The molecule has 1 aromatic carbocycles. The first kappa shape index (κ1) is 14.6. The van der Waals surface area contributed by atoms with E-state index >= 15 is 0 Å². The van der Waals surface area contributed by atoms with Gasteiger partial charge in [0.25, 0.3) is 0 Å². The van der Waals surface area contributed by atoms with E-state index in [9.17, 15) is 9.90 Å². The van der Waals surface area contributed by atoms with Crippen LogP contribution in [0.15, 0.2) is 41.1 Å². The lowest BCUT2D eigenvalue weighted by Crippen LogP contribution is -2.37. The molecule has 2 aromatic rings. The predicted octanol–water partition coefficient (Wildman–Crippen LogP) is 2.59. The Morgan fingerprint density at radius 2 is 2.10 bits per heavy atom. The Hall–Kier alpha value is -1.85. The van der Waals surface area contributed by atoms with Crippen molar-refractivity contribution in [1.29, 1.82) is 0 Å². The van der Waals surface area contributed by atoms with Gasteiger partial charge in [0.15, 0.2) is 0 Å². The summed E-state index contributed by atoms with van der Waals surface area (Å²) in [6.07, 6.45) is -0.662. The lowest BCUT2D eigenvalue weighted by Gasteiger charge is -2.12. The monoisotopic (exact) mass is 290 g/mol. The van der Waals surface area contributed by atoms with Crippen molar-refractivity contribution in [2.75, 3.05) is 6.54 Å². The average Bonchev–Trinajstić information content (AvgIpc) is 2.98. The zero-order valence-corrected chi connectivity index (χ0v) is 12.1. The number of aryl methyl sites for hydroxylation is 1. The highest BCUT2D eigenvalue weighted by Crippen LogP contribution is 2.14. The topological polar surface area (TPSA) is 61.4 Å². The molecule has 0 spiro atoms. The quantitative estimate of drug-likeness (QED) is 0.792. The molecule has 0 bridgehead atoms. The SMILES string of the molecule is Cc1ccccc1CNC(=O)NCC(O)c1ccsc1. The number of hydrogen-bond donors (Lipinski definition) is 3. The van der Waals surface area contributed by atoms with Crippen molar-refractivity contribution in [3.8, 4) is 0 Å². The number of benzene rings is 1. The number of urea groups is 1. The molecule has 1 aromatic heterocycles. The summed E-state index contributed by atoms with van der Waals surface area (Å²) < 4.78 is 0. The number of aliphatic hydroxyl groups is 1. The minimum absolute atomic E-state index is 0.205. The van der Waals surface area contributed by atoms with E-state index in [2.05, 4.69) is 10.6 Å². The molecule has 20 heavy (non-hydrogen) atoms. The first-order valence-corrected chi connectivity index (χ1v) is 7.37. The Bertz CT molecular complexity index is 555. The number of hydrogen-bond acceptors (Lipinski definition) is 3. The van der Waals surface area contributed by atoms with Crippen LogP contribution in [0.3, 0.4) is 0 Å². The van der Waals surface area contributed by atoms with E-state index in [1.165, 1.54) is 11.3 Å². The van der Waals surface area contributed by atoms with Gasteiger partial charge in [-0.2, -0.15) is 11.3 Å². The third-order valence-corrected chi connectivity index (χ3v) is 3.79. The van der Waals surface area contributed by atoms with E-state index in [1.54, 1.807) is 0 Å². The molecule has 3 N–H and O–H groups in total. The van der Waals surface area contributed by atoms with Crippen LogP contribution >= 0.6 is 11.3 Å². The summed E-state index contributed by atoms with van der Waals surface area (Å²) in [6.45, 7) is 2.69. The molecule has 1 heterocycles. The van der Waals surface area contributed by atoms with E-state index in [4.69, 9.17) is 0 Å². The van der Waals surface area contributed by atoms with Crippen molar-refractivity contribution in [3.05, 3.63) is 57.8 Å². The summed E-state index contributed by atoms with van der Waals surface area (Å²) in [7, 11) is 0. The smallest absolute Gasteiger partial charge is 0.315 e.